The van der Waals surface area contributed by atoms with Gasteiger partial charge in [-0.15, -0.1) is 0 Å². The number of hydrogen-bond acceptors (Lipinski definition) is 16. The molecular formula is C50H60N4O12. The highest BCUT2D eigenvalue weighted by Crippen LogP contribution is 2.23. The number of rotatable bonds is 30. The Hall–Kier alpha value is -6.52. The molecular weight excluding hydrogens is 849 g/mol. The lowest BCUT2D eigenvalue weighted by Crippen LogP contribution is -2.44. The molecule has 16 heteroatoms. The number of carbonyl (C=O) groups is 4. The van der Waals surface area contributed by atoms with Crippen LogP contribution in [0.1, 0.15) is 111 Å². The molecule has 1 fully saturated rings. The molecule has 0 saturated carbocycles. The van der Waals surface area contributed by atoms with Gasteiger partial charge in [-0.3, -0.25) is 0 Å². The van der Waals surface area contributed by atoms with Crippen molar-refractivity contribution in [3.63, 3.8) is 0 Å². The van der Waals surface area contributed by atoms with Gasteiger partial charge in [0.2, 0.25) is 0 Å². The number of hydrogen-bond donors (Lipinski definition) is 0. The van der Waals surface area contributed by atoms with Crippen molar-refractivity contribution in [1.82, 2.24) is 19.9 Å². The zero-order chi connectivity index (χ0) is 46.6. The van der Waals surface area contributed by atoms with Gasteiger partial charge in [-0.25, -0.2) is 39.1 Å². The Morgan fingerprint density at radius 1 is 0.485 bits per heavy atom. The van der Waals surface area contributed by atoms with Crippen LogP contribution in [-0.4, -0.2) is 96.0 Å². The van der Waals surface area contributed by atoms with Gasteiger partial charge in [0, 0.05) is 23.3 Å². The van der Waals surface area contributed by atoms with Crippen molar-refractivity contribution in [2.75, 3.05) is 39.6 Å². The van der Waals surface area contributed by atoms with Gasteiger partial charge < -0.3 is 37.9 Å². The maximum atomic E-state index is 13.1. The lowest BCUT2D eigenvalue weighted by Gasteiger charge is -2.30. The summed E-state index contributed by atoms with van der Waals surface area (Å²) in [4.78, 5) is 66.0. The highest BCUT2D eigenvalue weighted by Gasteiger charge is 2.34. The highest BCUT2D eigenvalue weighted by molar-refractivity contribution is 5.91. The third-order valence-corrected chi connectivity index (χ3v) is 10.3. The molecule has 0 radical (unpaired) electrons. The van der Waals surface area contributed by atoms with Crippen LogP contribution in [0.15, 0.2) is 98.6 Å². The number of aromatic nitrogens is 4. The molecule has 0 N–H and O–H groups in total. The van der Waals surface area contributed by atoms with Crippen LogP contribution in [0.4, 0.5) is 0 Å². The lowest BCUT2D eigenvalue weighted by molar-refractivity contribution is -0.288. The molecule has 2 atom stereocenters. The van der Waals surface area contributed by atoms with Crippen molar-refractivity contribution in [2.24, 2.45) is 0 Å². The minimum absolute atomic E-state index is 0.139. The number of benzene rings is 2. The maximum Gasteiger partial charge on any atom is 0.340 e. The van der Waals surface area contributed by atoms with E-state index in [0.717, 1.165) is 89.9 Å². The lowest BCUT2D eigenvalue weighted by atomic mass is 10.1. The topological polar surface area (TPSA) is 194 Å². The molecule has 2 aromatic carbocycles. The minimum Gasteiger partial charge on any atom is -0.490 e. The first kappa shape index (κ1) is 50.5. The second kappa shape index (κ2) is 29.1. The number of carbonyl (C=O) groups excluding carboxylic acids is 4. The summed E-state index contributed by atoms with van der Waals surface area (Å²) in [6, 6.07) is 13.2. The molecule has 5 rings (SSSR count). The first-order chi connectivity index (χ1) is 32.3. The Balaban J connectivity index is 0.971. The van der Waals surface area contributed by atoms with Gasteiger partial charge in [0.15, 0.2) is 23.1 Å². The molecule has 1 saturated heterocycles. The Bertz CT molecular complexity index is 1950. The van der Waals surface area contributed by atoms with Crippen LogP contribution in [0.3, 0.4) is 0 Å². The average molecular weight is 909 g/mol. The Morgan fingerprint density at radius 3 is 1.14 bits per heavy atom. The van der Waals surface area contributed by atoms with Gasteiger partial charge in [-0.1, -0.05) is 102 Å². The minimum atomic E-state index is -1.29. The summed E-state index contributed by atoms with van der Waals surface area (Å²) in [7, 11) is 0. The fourth-order valence-electron chi connectivity index (χ4n) is 6.62. The van der Waals surface area contributed by atoms with Crippen LogP contribution in [0.25, 0.3) is 22.8 Å². The number of nitrogens with zero attached hydrogens (tertiary/aromatic N) is 4. The molecule has 66 heavy (non-hydrogen) atoms. The molecule has 0 unspecified atom stereocenters. The summed E-state index contributed by atoms with van der Waals surface area (Å²) < 4.78 is 44.0. The molecule has 3 heterocycles. The third-order valence-electron chi connectivity index (χ3n) is 10.3. The van der Waals surface area contributed by atoms with Crippen molar-refractivity contribution < 1.29 is 57.1 Å². The number of ether oxygens (including phenoxy) is 8. The largest absolute Gasteiger partial charge is 0.490 e. The summed E-state index contributed by atoms with van der Waals surface area (Å²) >= 11 is 0. The maximum absolute atomic E-state index is 13.1. The second-order valence-electron chi connectivity index (χ2n) is 15.3. The fourth-order valence-corrected chi connectivity index (χ4v) is 6.62. The normalized spacial score (nSPS) is 14.4. The van der Waals surface area contributed by atoms with Crippen molar-refractivity contribution in [3.8, 4) is 34.3 Å². The first-order valence-corrected chi connectivity index (χ1v) is 22.7. The first-order valence-electron chi connectivity index (χ1n) is 22.7. The van der Waals surface area contributed by atoms with Crippen LogP contribution >= 0.6 is 0 Å². The number of esters is 4. The van der Waals surface area contributed by atoms with Crippen LogP contribution in [-0.2, 0) is 38.0 Å². The molecule has 2 aromatic heterocycles. The number of unbranched alkanes of at least 4 members (excludes halogenated alkanes) is 12. The molecule has 0 amide bonds. The third kappa shape index (κ3) is 18.2. The van der Waals surface area contributed by atoms with Gasteiger partial charge in [-0.05, 0) is 49.9 Å². The van der Waals surface area contributed by atoms with E-state index in [1.807, 2.05) is 0 Å². The van der Waals surface area contributed by atoms with E-state index in [0.29, 0.717) is 60.7 Å². The van der Waals surface area contributed by atoms with Crippen molar-refractivity contribution in [2.45, 2.75) is 102 Å². The molecule has 4 aromatic rings. The predicted octanol–water partition coefficient (Wildman–Crippen LogP) is 8.99. The fraction of sp³-hybridized carbons (Fsp3) is 0.440. The Labute approximate surface area is 386 Å². The van der Waals surface area contributed by atoms with Gasteiger partial charge >= 0.3 is 23.9 Å². The molecule has 0 aliphatic carbocycles. The SMILES string of the molecule is C=CC(=O)OCCCCCCCCCOc1cnc(-c2ccc(C(=O)O[C@@H]3OCCO[C@H]3OC(=O)c3ccc(-c4ncc(OCCCCCCCCCOC(=O)C=C)cn4)cc3)cc2)nc1. The van der Waals surface area contributed by atoms with Gasteiger partial charge in [0.1, 0.15) is 0 Å². The van der Waals surface area contributed by atoms with E-state index < -0.39 is 24.5 Å². The zero-order valence-corrected chi connectivity index (χ0v) is 37.5. The van der Waals surface area contributed by atoms with Crippen LogP contribution in [0, 0.1) is 0 Å². The molecule has 352 valence electrons. The summed E-state index contributed by atoms with van der Waals surface area (Å²) in [6.45, 7) is 9.05. The molecule has 0 bridgehead atoms. The van der Waals surface area contributed by atoms with Crippen molar-refractivity contribution in [1.29, 1.82) is 0 Å². The van der Waals surface area contributed by atoms with Crippen molar-refractivity contribution in [3.05, 3.63) is 110 Å². The van der Waals surface area contributed by atoms with E-state index in [1.165, 1.54) is 12.2 Å². The summed E-state index contributed by atoms with van der Waals surface area (Å²) in [5, 5.41) is 0. The van der Waals surface area contributed by atoms with Crippen LogP contribution < -0.4 is 9.47 Å². The smallest absolute Gasteiger partial charge is 0.340 e. The molecule has 1 aliphatic heterocycles. The van der Waals surface area contributed by atoms with Crippen molar-refractivity contribution >= 4 is 23.9 Å². The van der Waals surface area contributed by atoms with Gasteiger partial charge in [0.25, 0.3) is 12.6 Å². The quantitative estimate of drug-likeness (QED) is 0.0208. The van der Waals surface area contributed by atoms with E-state index in [4.69, 9.17) is 37.9 Å². The second-order valence-corrected chi connectivity index (χ2v) is 15.3. The molecule has 0 spiro atoms. The summed E-state index contributed by atoms with van der Waals surface area (Å²) in [5.74, 6) is -0.0677. The monoisotopic (exact) mass is 908 g/mol. The molecule has 16 nitrogen and oxygen atoms in total. The zero-order valence-electron chi connectivity index (χ0n) is 37.5. The van der Waals surface area contributed by atoms with Gasteiger partial charge in [-0.2, -0.15) is 0 Å². The van der Waals surface area contributed by atoms with E-state index in [-0.39, 0.29) is 36.3 Å². The standard InChI is InChI=1S/C50H60N4O12/c1-3-43(55)61-29-17-13-9-5-7-11-15-27-59-41-33-51-45(52-34-41)37-19-23-39(24-20-37)47(57)65-49-50(64-32-31-63-49)66-48(58)40-25-21-38(22-26-40)46-53-35-42(36-54-46)60-28-16-12-8-6-10-14-18-30-62-44(56)4-2/h3-4,19-26,33-36,49-50H,1-2,5-18,27-32H2/t49-,50-/m0/s1. The van der Waals surface area contributed by atoms with Crippen LogP contribution in [0.5, 0.6) is 11.5 Å². The predicted molar refractivity (Wildman–Crippen MR) is 243 cm³/mol. The van der Waals surface area contributed by atoms with Crippen LogP contribution in [0.2, 0.25) is 0 Å². The van der Waals surface area contributed by atoms with E-state index in [2.05, 4.69) is 33.1 Å². The average Bonchev–Trinajstić information content (AvgIpc) is 3.35. The Morgan fingerprint density at radius 2 is 0.803 bits per heavy atom. The highest BCUT2D eigenvalue weighted by atomic mass is 16.8. The Kier molecular flexibility index (Phi) is 22.3. The summed E-state index contributed by atoms with van der Waals surface area (Å²) in [6.07, 6.45) is 20.6. The van der Waals surface area contributed by atoms with E-state index in [9.17, 15) is 19.2 Å². The van der Waals surface area contributed by atoms with E-state index in [1.54, 1.807) is 73.3 Å². The van der Waals surface area contributed by atoms with Gasteiger partial charge in [0.05, 0.1) is 75.6 Å². The molecule has 1 aliphatic rings. The van der Waals surface area contributed by atoms with E-state index >= 15 is 0 Å². The summed E-state index contributed by atoms with van der Waals surface area (Å²) in [5.41, 5.74) is 1.86.